The van der Waals surface area contributed by atoms with E-state index in [9.17, 15) is 5.26 Å². The predicted molar refractivity (Wildman–Crippen MR) is 84.6 cm³/mol. The highest BCUT2D eigenvalue weighted by atomic mass is 15.0. The minimum absolute atomic E-state index is 0.539. The largest absolute Gasteiger partial charge is 0.399 e. The van der Waals surface area contributed by atoms with Gasteiger partial charge in [-0.25, -0.2) is 4.98 Å². The first-order valence-electron chi connectivity index (χ1n) is 6.64. The monoisotopic (exact) mass is 274 g/mol. The second kappa shape index (κ2) is 5.51. The first-order chi connectivity index (χ1) is 10.3. The Balaban J connectivity index is 1.91. The average Bonchev–Trinajstić information content (AvgIpc) is 2.52. The number of para-hydroxylation sites is 1. The summed E-state index contributed by atoms with van der Waals surface area (Å²) in [5.41, 5.74) is 8.94. The van der Waals surface area contributed by atoms with Gasteiger partial charge in [0, 0.05) is 17.6 Å². The molecule has 0 aliphatic rings. The van der Waals surface area contributed by atoms with Crippen LogP contribution in [0.5, 0.6) is 0 Å². The maximum absolute atomic E-state index is 9.27. The second-order valence-electron chi connectivity index (χ2n) is 4.79. The predicted octanol–water partition coefficient (Wildman–Crippen LogP) is 3.30. The Kier molecular flexibility index (Phi) is 3.40. The van der Waals surface area contributed by atoms with Gasteiger partial charge >= 0.3 is 0 Å². The fourth-order valence-corrected chi connectivity index (χ4v) is 2.22. The Labute approximate surface area is 122 Å². The summed E-state index contributed by atoms with van der Waals surface area (Å²) in [6.45, 7) is 0.574. The number of hydrogen-bond donors (Lipinski definition) is 2. The van der Waals surface area contributed by atoms with Crippen molar-refractivity contribution in [3.05, 3.63) is 65.7 Å². The smallest absolute Gasteiger partial charge is 0.144 e. The molecule has 4 nitrogen and oxygen atoms in total. The lowest BCUT2D eigenvalue weighted by molar-refractivity contribution is 1.12. The molecule has 0 aliphatic heterocycles. The topological polar surface area (TPSA) is 74.7 Å². The van der Waals surface area contributed by atoms with Gasteiger partial charge in [0.25, 0.3) is 0 Å². The number of rotatable bonds is 3. The molecule has 1 aromatic heterocycles. The van der Waals surface area contributed by atoms with Gasteiger partial charge in [-0.2, -0.15) is 5.26 Å². The van der Waals surface area contributed by atoms with Crippen molar-refractivity contribution in [2.24, 2.45) is 0 Å². The second-order valence-corrected chi connectivity index (χ2v) is 4.79. The van der Waals surface area contributed by atoms with Crippen molar-refractivity contribution < 1.29 is 0 Å². The van der Waals surface area contributed by atoms with E-state index < -0.39 is 0 Å². The Bertz CT molecular complexity index is 834. The van der Waals surface area contributed by atoms with Crippen LogP contribution in [0.25, 0.3) is 10.9 Å². The zero-order valence-electron chi connectivity index (χ0n) is 11.4. The number of hydrogen-bond acceptors (Lipinski definition) is 4. The summed E-state index contributed by atoms with van der Waals surface area (Å²) in [6.07, 6.45) is 0. The summed E-state index contributed by atoms with van der Waals surface area (Å²) in [5, 5.41) is 13.4. The average molecular weight is 274 g/mol. The maximum atomic E-state index is 9.27. The van der Waals surface area contributed by atoms with Crippen molar-refractivity contribution in [1.82, 2.24) is 4.98 Å². The van der Waals surface area contributed by atoms with Crippen molar-refractivity contribution in [3.63, 3.8) is 0 Å². The van der Waals surface area contributed by atoms with E-state index in [0.29, 0.717) is 17.9 Å². The molecule has 0 amide bonds. The number of nitrogens with two attached hydrogens (primary N) is 1. The van der Waals surface area contributed by atoms with Gasteiger partial charge in [-0.1, -0.05) is 30.3 Å². The lowest BCUT2D eigenvalue weighted by atomic mass is 10.1. The molecule has 102 valence electrons. The Morgan fingerprint density at radius 2 is 1.95 bits per heavy atom. The van der Waals surface area contributed by atoms with Crippen LogP contribution in [0.4, 0.5) is 11.5 Å². The third-order valence-electron chi connectivity index (χ3n) is 3.26. The number of nitrogen functional groups attached to an aromatic ring is 1. The number of nitriles is 1. The summed E-state index contributed by atoms with van der Waals surface area (Å²) in [7, 11) is 0. The highest BCUT2D eigenvalue weighted by molar-refractivity contribution is 5.82. The maximum Gasteiger partial charge on any atom is 0.144 e. The van der Waals surface area contributed by atoms with E-state index in [1.54, 1.807) is 0 Å². The summed E-state index contributed by atoms with van der Waals surface area (Å²) >= 11 is 0. The highest BCUT2D eigenvalue weighted by Crippen LogP contribution is 2.20. The molecule has 1 heterocycles. The van der Waals surface area contributed by atoms with Crippen LogP contribution < -0.4 is 11.1 Å². The van der Waals surface area contributed by atoms with E-state index in [0.717, 1.165) is 22.2 Å². The van der Waals surface area contributed by atoms with Crippen molar-refractivity contribution in [1.29, 1.82) is 5.26 Å². The summed E-state index contributed by atoms with van der Waals surface area (Å²) in [4.78, 5) is 4.52. The van der Waals surface area contributed by atoms with Gasteiger partial charge in [0.05, 0.1) is 11.1 Å². The van der Waals surface area contributed by atoms with Gasteiger partial charge in [-0.15, -0.1) is 0 Å². The molecule has 3 aromatic rings. The standard InChI is InChI=1S/C17H14N4/c18-10-14-9-13-5-1-2-7-16(13)21-17(14)20-11-12-4-3-6-15(19)8-12/h1-9H,11,19H2,(H,20,21). The Hall–Kier alpha value is -3.06. The number of aromatic nitrogens is 1. The van der Waals surface area contributed by atoms with Gasteiger partial charge in [0.1, 0.15) is 11.9 Å². The molecule has 0 spiro atoms. The highest BCUT2D eigenvalue weighted by Gasteiger charge is 2.06. The van der Waals surface area contributed by atoms with Crippen LogP contribution in [-0.2, 0) is 6.54 Å². The molecule has 0 radical (unpaired) electrons. The van der Waals surface area contributed by atoms with Crippen LogP contribution in [0.2, 0.25) is 0 Å². The van der Waals surface area contributed by atoms with Gasteiger partial charge in [0.15, 0.2) is 0 Å². The summed E-state index contributed by atoms with van der Waals surface area (Å²) < 4.78 is 0. The number of fused-ring (bicyclic) bond motifs is 1. The van der Waals surface area contributed by atoms with Crippen LogP contribution in [0.15, 0.2) is 54.6 Å². The molecular weight excluding hydrogens is 260 g/mol. The normalized spacial score (nSPS) is 10.2. The molecule has 3 N–H and O–H groups in total. The fraction of sp³-hybridized carbons (Fsp3) is 0.0588. The van der Waals surface area contributed by atoms with Crippen molar-refractivity contribution >= 4 is 22.4 Å². The number of anilines is 2. The van der Waals surface area contributed by atoms with E-state index in [-0.39, 0.29) is 0 Å². The van der Waals surface area contributed by atoms with Gasteiger partial charge in [-0.05, 0) is 29.8 Å². The molecule has 2 aromatic carbocycles. The van der Waals surface area contributed by atoms with Crippen LogP contribution >= 0.6 is 0 Å². The third-order valence-corrected chi connectivity index (χ3v) is 3.26. The first kappa shape index (κ1) is 12.9. The molecule has 3 rings (SSSR count). The quantitative estimate of drug-likeness (QED) is 0.718. The van der Waals surface area contributed by atoms with Crippen molar-refractivity contribution in [3.8, 4) is 6.07 Å². The molecule has 0 unspecified atom stereocenters. The zero-order valence-corrected chi connectivity index (χ0v) is 11.4. The van der Waals surface area contributed by atoms with Gasteiger partial charge in [0.2, 0.25) is 0 Å². The van der Waals surface area contributed by atoms with Gasteiger partial charge < -0.3 is 11.1 Å². The molecule has 0 bridgehead atoms. The summed E-state index contributed by atoms with van der Waals surface area (Å²) in [6, 6.07) is 19.4. The minimum atomic E-state index is 0.539. The lowest BCUT2D eigenvalue weighted by Crippen LogP contribution is -2.04. The fourth-order valence-electron chi connectivity index (χ4n) is 2.22. The molecule has 0 saturated carbocycles. The van der Waals surface area contributed by atoms with Crippen LogP contribution in [-0.4, -0.2) is 4.98 Å². The molecule has 0 aliphatic carbocycles. The number of benzene rings is 2. The molecule has 21 heavy (non-hydrogen) atoms. The van der Waals surface area contributed by atoms with Crippen LogP contribution in [0.1, 0.15) is 11.1 Å². The zero-order chi connectivity index (χ0) is 14.7. The van der Waals surface area contributed by atoms with Gasteiger partial charge in [-0.3, -0.25) is 0 Å². The lowest BCUT2D eigenvalue weighted by Gasteiger charge is -2.09. The number of nitrogens with one attached hydrogen (secondary N) is 1. The van der Waals surface area contributed by atoms with E-state index in [4.69, 9.17) is 5.73 Å². The van der Waals surface area contributed by atoms with E-state index >= 15 is 0 Å². The molecular formula is C17H14N4. The molecule has 0 atom stereocenters. The summed E-state index contributed by atoms with van der Waals surface area (Å²) in [5.74, 6) is 0.596. The van der Waals surface area contributed by atoms with E-state index in [1.807, 2.05) is 54.6 Å². The minimum Gasteiger partial charge on any atom is -0.399 e. The first-order valence-corrected chi connectivity index (χ1v) is 6.64. The third kappa shape index (κ3) is 2.77. The van der Waals surface area contributed by atoms with E-state index in [2.05, 4.69) is 16.4 Å². The SMILES string of the molecule is N#Cc1cc2ccccc2nc1NCc1cccc(N)c1. The Morgan fingerprint density at radius 3 is 2.76 bits per heavy atom. The molecule has 0 saturated heterocycles. The molecule has 0 fully saturated rings. The van der Waals surface area contributed by atoms with Crippen molar-refractivity contribution in [2.45, 2.75) is 6.54 Å². The molecule has 4 heteroatoms. The Morgan fingerprint density at radius 1 is 1.10 bits per heavy atom. The van der Waals surface area contributed by atoms with Crippen molar-refractivity contribution in [2.75, 3.05) is 11.1 Å². The number of pyridine rings is 1. The van der Waals surface area contributed by atoms with Crippen LogP contribution in [0.3, 0.4) is 0 Å². The van der Waals surface area contributed by atoms with E-state index in [1.165, 1.54) is 0 Å². The number of nitrogens with zero attached hydrogens (tertiary/aromatic N) is 2. The van der Waals surface area contributed by atoms with Crippen LogP contribution in [0, 0.1) is 11.3 Å².